The lowest BCUT2D eigenvalue weighted by molar-refractivity contribution is 0.107. The number of alkyl halides is 1. The summed E-state index contributed by atoms with van der Waals surface area (Å²) in [6.45, 7) is 3.94. The second-order valence-corrected chi connectivity index (χ2v) is 13.5. The van der Waals surface area contributed by atoms with Crippen molar-refractivity contribution < 1.29 is 17.9 Å². The molecule has 8 rings (SSSR count). The van der Waals surface area contributed by atoms with Crippen LogP contribution in [0.25, 0.3) is 32.2 Å². The normalized spacial score (nSPS) is 27.4. The third kappa shape index (κ3) is 4.13. The monoisotopic (exact) mass is 615 g/mol. The molecule has 3 unspecified atom stereocenters. The third-order valence-corrected chi connectivity index (χ3v) is 10.6. The number of rotatable bonds is 5. The lowest BCUT2D eigenvalue weighted by atomic mass is 9.95. The number of thiazole rings is 1. The van der Waals surface area contributed by atoms with Gasteiger partial charge in [0.15, 0.2) is 10.9 Å². The number of nitrogens with zero attached hydrogens (tertiary/aromatic N) is 5. The first kappa shape index (κ1) is 26.7. The molecule has 0 aliphatic carbocycles. The molecule has 8 nitrogen and oxygen atoms in total. The van der Waals surface area contributed by atoms with Crippen LogP contribution in [0.1, 0.15) is 25.7 Å². The van der Waals surface area contributed by atoms with Crippen molar-refractivity contribution in [3.8, 4) is 17.1 Å². The zero-order chi connectivity index (χ0) is 28.7. The summed E-state index contributed by atoms with van der Waals surface area (Å²) in [5.41, 5.74) is 6.18. The summed E-state index contributed by atoms with van der Waals surface area (Å²) in [6.07, 6.45) is 2.33. The lowest BCUT2D eigenvalue weighted by Crippen LogP contribution is -2.43. The number of benzene rings is 2. The van der Waals surface area contributed by atoms with Crippen LogP contribution in [0.2, 0.25) is 5.02 Å². The Bertz CT molecular complexity index is 1740. The topological polar surface area (TPSA) is 92.4 Å². The maximum absolute atomic E-state index is 16.7. The largest absolute Gasteiger partial charge is 0.461 e. The Kier molecular flexibility index (Phi) is 6.22. The SMILES string of the molecule is Nc1nc2c(-c3c(Cl)cc4c(N5CC6CNCC5C6)nc(OCC56CCCN5C[C@H](F)C6)nc4c3F)ccc(F)c2s1. The molecule has 3 N–H and O–H groups in total. The Hall–Kier alpha value is -2.93. The molecule has 4 fully saturated rings. The molecule has 0 spiro atoms. The second kappa shape index (κ2) is 9.80. The van der Waals surface area contributed by atoms with E-state index in [1.54, 1.807) is 6.07 Å². The van der Waals surface area contributed by atoms with Crippen LogP contribution >= 0.6 is 22.9 Å². The van der Waals surface area contributed by atoms with Gasteiger partial charge in [0.1, 0.15) is 29.9 Å². The van der Waals surface area contributed by atoms with Crippen LogP contribution in [-0.4, -0.2) is 76.9 Å². The number of fused-ring (bicyclic) bond motifs is 5. The minimum atomic E-state index is -0.896. The molecule has 2 bridgehead atoms. The number of ether oxygens (including phenoxy) is 1. The number of hydrogen-bond acceptors (Lipinski definition) is 9. The van der Waals surface area contributed by atoms with E-state index in [4.69, 9.17) is 27.1 Å². The number of hydrogen-bond donors (Lipinski definition) is 2. The number of anilines is 2. The van der Waals surface area contributed by atoms with Crippen molar-refractivity contribution in [3.05, 3.63) is 34.9 Å². The molecule has 4 atom stereocenters. The first-order valence-electron chi connectivity index (χ1n) is 14.3. The highest BCUT2D eigenvalue weighted by Gasteiger charge is 2.49. The standard InChI is InChI=1S/C29H29ClF3N7OS/c30-19-7-18-23(22(33)21(19)17-2-3-20(32)25-24(17)36-27(34)42-25)37-28(38-26(18)40-11-14-6-16(40)10-35-9-14)41-13-29-4-1-5-39(29)12-15(31)8-29/h2-3,7,14-16,35H,1,4-6,8-13H2,(H2,34,36)/t14?,15-,16?,29?/m1/s1. The van der Waals surface area contributed by atoms with Gasteiger partial charge in [0, 0.05) is 48.6 Å². The molecule has 0 amide bonds. The van der Waals surface area contributed by atoms with Gasteiger partial charge in [0.25, 0.3) is 0 Å². The van der Waals surface area contributed by atoms with Gasteiger partial charge >= 0.3 is 6.01 Å². The average molecular weight is 616 g/mol. The van der Waals surface area contributed by atoms with E-state index in [-0.39, 0.29) is 50.1 Å². The summed E-state index contributed by atoms with van der Waals surface area (Å²) in [4.78, 5) is 18.0. The molecule has 2 aromatic heterocycles. The van der Waals surface area contributed by atoms with E-state index in [9.17, 15) is 8.78 Å². The molecule has 0 radical (unpaired) electrons. The van der Waals surface area contributed by atoms with E-state index in [0.29, 0.717) is 35.7 Å². The zero-order valence-corrected chi connectivity index (χ0v) is 24.2. The fraction of sp³-hybridized carbons (Fsp3) is 0.483. The summed E-state index contributed by atoms with van der Waals surface area (Å²) >= 11 is 7.79. The Morgan fingerprint density at radius 1 is 1.17 bits per heavy atom. The summed E-state index contributed by atoms with van der Waals surface area (Å²) in [6, 6.07) is 4.64. The molecule has 6 heterocycles. The van der Waals surface area contributed by atoms with Gasteiger partial charge in [-0.3, -0.25) is 4.90 Å². The van der Waals surface area contributed by atoms with Crippen molar-refractivity contribution in [1.29, 1.82) is 0 Å². The van der Waals surface area contributed by atoms with Crippen molar-refractivity contribution in [2.45, 2.75) is 43.4 Å². The van der Waals surface area contributed by atoms with E-state index in [0.717, 1.165) is 56.8 Å². The van der Waals surface area contributed by atoms with E-state index >= 15 is 4.39 Å². The first-order valence-corrected chi connectivity index (χ1v) is 15.5. The van der Waals surface area contributed by atoms with Crippen molar-refractivity contribution >= 4 is 55.0 Å². The first-order chi connectivity index (χ1) is 20.3. The number of halogens is 4. The Balaban J connectivity index is 1.28. The summed E-state index contributed by atoms with van der Waals surface area (Å²) < 4.78 is 52.2. The van der Waals surface area contributed by atoms with Gasteiger partial charge in [-0.2, -0.15) is 9.97 Å². The van der Waals surface area contributed by atoms with Gasteiger partial charge in [0.2, 0.25) is 0 Å². The van der Waals surface area contributed by atoms with Gasteiger partial charge in [-0.15, -0.1) is 0 Å². The predicted molar refractivity (Wildman–Crippen MR) is 158 cm³/mol. The molecule has 42 heavy (non-hydrogen) atoms. The van der Waals surface area contributed by atoms with Crippen molar-refractivity contribution in [2.75, 3.05) is 50.0 Å². The highest BCUT2D eigenvalue weighted by Crippen LogP contribution is 2.45. The van der Waals surface area contributed by atoms with Gasteiger partial charge in [-0.05, 0) is 56.5 Å². The smallest absolute Gasteiger partial charge is 0.319 e. The predicted octanol–water partition coefficient (Wildman–Crippen LogP) is 5.17. The van der Waals surface area contributed by atoms with E-state index < -0.39 is 23.3 Å². The van der Waals surface area contributed by atoms with Crippen LogP contribution < -0.4 is 20.7 Å². The minimum absolute atomic E-state index is 0.0461. The summed E-state index contributed by atoms with van der Waals surface area (Å²) in [5.74, 6) is -0.143. The number of nitrogens with two attached hydrogens (primary N) is 1. The van der Waals surface area contributed by atoms with Crippen LogP contribution in [0.3, 0.4) is 0 Å². The molecule has 2 aromatic carbocycles. The van der Waals surface area contributed by atoms with E-state index in [1.165, 1.54) is 12.1 Å². The maximum atomic E-state index is 16.7. The van der Waals surface area contributed by atoms with Gasteiger partial charge in [-0.1, -0.05) is 22.9 Å². The summed E-state index contributed by atoms with van der Waals surface area (Å²) in [5, 5.41) is 4.26. The van der Waals surface area contributed by atoms with Gasteiger partial charge in [-0.25, -0.2) is 18.2 Å². The van der Waals surface area contributed by atoms with Crippen LogP contribution in [0.15, 0.2) is 18.2 Å². The van der Waals surface area contributed by atoms with Crippen LogP contribution in [-0.2, 0) is 0 Å². The molecule has 4 aliphatic heterocycles. The third-order valence-electron chi connectivity index (χ3n) is 9.44. The molecule has 4 saturated heterocycles. The molecule has 13 heteroatoms. The zero-order valence-electron chi connectivity index (χ0n) is 22.7. The molecule has 0 saturated carbocycles. The van der Waals surface area contributed by atoms with Gasteiger partial charge in [0.05, 0.1) is 20.8 Å². The maximum Gasteiger partial charge on any atom is 0.319 e. The van der Waals surface area contributed by atoms with E-state index in [1.807, 2.05) is 0 Å². The molecule has 4 aromatic rings. The van der Waals surface area contributed by atoms with Crippen molar-refractivity contribution in [1.82, 2.24) is 25.2 Å². The second-order valence-electron chi connectivity index (χ2n) is 12.0. The van der Waals surface area contributed by atoms with E-state index in [2.05, 4.69) is 25.1 Å². The van der Waals surface area contributed by atoms with Gasteiger partial charge < -0.3 is 20.7 Å². The molecule has 4 aliphatic rings. The highest BCUT2D eigenvalue weighted by atomic mass is 35.5. The Labute approximate surface area is 249 Å². The van der Waals surface area contributed by atoms with Crippen LogP contribution in [0.5, 0.6) is 6.01 Å². The minimum Gasteiger partial charge on any atom is -0.461 e. The Morgan fingerprint density at radius 3 is 2.90 bits per heavy atom. The molecular formula is C29H29ClF3N7OS. The number of nitrogen functional groups attached to an aromatic ring is 1. The highest BCUT2D eigenvalue weighted by molar-refractivity contribution is 7.22. The quantitative estimate of drug-likeness (QED) is 0.318. The number of piperidine rings is 1. The number of nitrogens with one attached hydrogen (secondary N) is 1. The Morgan fingerprint density at radius 2 is 2.05 bits per heavy atom. The number of aromatic nitrogens is 3. The van der Waals surface area contributed by atoms with Crippen LogP contribution in [0, 0.1) is 17.6 Å². The molecular weight excluding hydrogens is 587 g/mol. The lowest BCUT2D eigenvalue weighted by Gasteiger charge is -2.31. The summed E-state index contributed by atoms with van der Waals surface area (Å²) in [7, 11) is 0. The van der Waals surface area contributed by atoms with Crippen molar-refractivity contribution in [3.63, 3.8) is 0 Å². The average Bonchev–Trinajstić information content (AvgIpc) is 3.69. The van der Waals surface area contributed by atoms with Crippen molar-refractivity contribution in [2.24, 2.45) is 5.92 Å². The molecule has 220 valence electrons. The fourth-order valence-electron chi connectivity index (χ4n) is 7.60. The fourth-order valence-corrected chi connectivity index (χ4v) is 8.66. The van der Waals surface area contributed by atoms with Crippen LogP contribution in [0.4, 0.5) is 24.1 Å².